The zero-order valence-electron chi connectivity index (χ0n) is 9.91. The van der Waals surface area contributed by atoms with Gasteiger partial charge in [0.25, 0.3) is 0 Å². The molecule has 92 valence electrons. The van der Waals surface area contributed by atoms with E-state index in [2.05, 4.69) is 5.32 Å². The Hall–Kier alpha value is -0.610. The van der Waals surface area contributed by atoms with E-state index < -0.39 is 0 Å². The smallest absolute Gasteiger partial charge is 0.309 e. The predicted octanol–water partition coefficient (Wildman–Crippen LogP) is 0.954. The van der Waals surface area contributed by atoms with Crippen molar-refractivity contribution < 1.29 is 14.3 Å². The van der Waals surface area contributed by atoms with Crippen LogP contribution in [-0.4, -0.2) is 38.9 Å². The number of esters is 1. The van der Waals surface area contributed by atoms with Gasteiger partial charge in [-0.25, -0.2) is 0 Å². The molecule has 0 aromatic rings. The third-order valence-electron chi connectivity index (χ3n) is 3.43. The lowest BCUT2D eigenvalue weighted by Gasteiger charge is -2.17. The summed E-state index contributed by atoms with van der Waals surface area (Å²) in [7, 11) is 1.47. The molecule has 0 spiro atoms. The monoisotopic (exact) mass is 227 g/mol. The second-order valence-corrected chi connectivity index (χ2v) is 4.87. The second-order valence-electron chi connectivity index (χ2n) is 4.87. The first-order chi connectivity index (χ1) is 7.79. The summed E-state index contributed by atoms with van der Waals surface area (Å²) < 4.78 is 10.1. The second kappa shape index (κ2) is 5.64. The number of hydrogen-bond acceptors (Lipinski definition) is 4. The molecule has 1 aliphatic heterocycles. The molecule has 4 nitrogen and oxygen atoms in total. The van der Waals surface area contributed by atoms with Gasteiger partial charge in [-0.1, -0.05) is 12.8 Å². The highest BCUT2D eigenvalue weighted by Gasteiger charge is 2.30. The van der Waals surface area contributed by atoms with Gasteiger partial charge in [0.2, 0.25) is 0 Å². The summed E-state index contributed by atoms with van der Waals surface area (Å²) in [6.45, 7) is 2.34. The van der Waals surface area contributed by atoms with Crippen LogP contribution in [0, 0.1) is 11.8 Å². The minimum atomic E-state index is -0.0710. The Labute approximate surface area is 96.7 Å². The highest BCUT2D eigenvalue weighted by Crippen LogP contribution is 2.35. The van der Waals surface area contributed by atoms with Crippen molar-refractivity contribution in [3.8, 4) is 0 Å². The minimum Gasteiger partial charge on any atom is -0.469 e. The van der Waals surface area contributed by atoms with Crippen LogP contribution >= 0.6 is 0 Å². The van der Waals surface area contributed by atoms with E-state index in [-0.39, 0.29) is 11.9 Å². The fourth-order valence-corrected chi connectivity index (χ4v) is 2.19. The van der Waals surface area contributed by atoms with Crippen LogP contribution in [-0.2, 0) is 14.3 Å². The zero-order valence-corrected chi connectivity index (χ0v) is 9.91. The Balaban J connectivity index is 1.73. The quantitative estimate of drug-likeness (QED) is 0.686. The summed E-state index contributed by atoms with van der Waals surface area (Å²) in [4.78, 5) is 11.6. The molecule has 1 aliphatic carbocycles. The number of rotatable bonds is 6. The van der Waals surface area contributed by atoms with Crippen LogP contribution < -0.4 is 5.32 Å². The minimum absolute atomic E-state index is 0.0260. The van der Waals surface area contributed by atoms with Gasteiger partial charge in [0, 0.05) is 19.2 Å². The molecule has 2 rings (SSSR count). The summed E-state index contributed by atoms with van der Waals surface area (Å²) in [6, 6.07) is 0.423. The first kappa shape index (κ1) is 11.9. The SMILES string of the molecule is COC(=O)C(CNC1CCOC1)CC1CC1. The van der Waals surface area contributed by atoms with E-state index in [9.17, 15) is 4.79 Å². The first-order valence-corrected chi connectivity index (χ1v) is 6.18. The molecule has 0 radical (unpaired) electrons. The summed E-state index contributed by atoms with van der Waals surface area (Å²) in [5.74, 6) is 0.710. The van der Waals surface area contributed by atoms with E-state index in [1.54, 1.807) is 0 Å². The van der Waals surface area contributed by atoms with Crippen molar-refractivity contribution >= 4 is 5.97 Å². The van der Waals surface area contributed by atoms with E-state index in [4.69, 9.17) is 9.47 Å². The first-order valence-electron chi connectivity index (χ1n) is 6.18. The average Bonchev–Trinajstić information content (AvgIpc) is 2.97. The number of methoxy groups -OCH3 is 1. The molecule has 0 amide bonds. The van der Waals surface area contributed by atoms with Crippen molar-refractivity contribution in [2.45, 2.75) is 31.7 Å². The Kier molecular flexibility index (Phi) is 4.18. The van der Waals surface area contributed by atoms with Crippen molar-refractivity contribution in [2.75, 3.05) is 26.9 Å². The van der Waals surface area contributed by atoms with Gasteiger partial charge in [-0.15, -0.1) is 0 Å². The standard InChI is InChI=1S/C12H21NO3/c1-15-12(14)10(6-9-2-3-9)7-13-11-4-5-16-8-11/h9-11,13H,2-8H2,1H3. The molecule has 2 aliphatic rings. The highest BCUT2D eigenvalue weighted by molar-refractivity contribution is 5.72. The van der Waals surface area contributed by atoms with E-state index in [1.807, 2.05) is 0 Å². The molecule has 1 saturated carbocycles. The molecular formula is C12H21NO3. The largest absolute Gasteiger partial charge is 0.469 e. The summed E-state index contributed by atoms with van der Waals surface area (Å²) >= 11 is 0. The molecule has 0 bridgehead atoms. The third-order valence-corrected chi connectivity index (χ3v) is 3.43. The van der Waals surface area contributed by atoms with E-state index in [1.165, 1.54) is 20.0 Å². The van der Waals surface area contributed by atoms with Gasteiger partial charge in [0.1, 0.15) is 0 Å². The number of carbonyl (C=O) groups excluding carboxylic acids is 1. The molecule has 0 aromatic carbocycles. The maximum atomic E-state index is 11.6. The fourth-order valence-electron chi connectivity index (χ4n) is 2.19. The lowest BCUT2D eigenvalue weighted by Crippen LogP contribution is -2.37. The Bertz CT molecular complexity index is 234. The predicted molar refractivity (Wildman–Crippen MR) is 60.1 cm³/mol. The van der Waals surface area contributed by atoms with Gasteiger partial charge in [0.05, 0.1) is 19.6 Å². The average molecular weight is 227 g/mol. The van der Waals surface area contributed by atoms with E-state index in [0.717, 1.165) is 38.5 Å². The number of hydrogen-bond donors (Lipinski definition) is 1. The topological polar surface area (TPSA) is 47.6 Å². The fraction of sp³-hybridized carbons (Fsp3) is 0.917. The molecule has 0 aromatic heterocycles. The lowest BCUT2D eigenvalue weighted by molar-refractivity contribution is -0.145. The van der Waals surface area contributed by atoms with Crippen molar-refractivity contribution in [3.63, 3.8) is 0 Å². The molecule has 1 N–H and O–H groups in total. The molecule has 2 atom stereocenters. The van der Waals surface area contributed by atoms with Gasteiger partial charge in [-0.2, -0.15) is 0 Å². The third kappa shape index (κ3) is 3.46. The molecular weight excluding hydrogens is 206 g/mol. The maximum Gasteiger partial charge on any atom is 0.309 e. The summed E-state index contributed by atoms with van der Waals surface area (Å²) in [6.07, 6.45) is 4.59. The summed E-state index contributed by atoms with van der Waals surface area (Å²) in [5.41, 5.74) is 0. The van der Waals surface area contributed by atoms with Crippen molar-refractivity contribution in [1.82, 2.24) is 5.32 Å². The zero-order chi connectivity index (χ0) is 11.4. The van der Waals surface area contributed by atoms with Crippen molar-refractivity contribution in [1.29, 1.82) is 0 Å². The maximum absolute atomic E-state index is 11.6. The van der Waals surface area contributed by atoms with Crippen LogP contribution in [0.3, 0.4) is 0 Å². The van der Waals surface area contributed by atoms with Gasteiger partial charge in [0.15, 0.2) is 0 Å². The Morgan fingerprint density at radius 1 is 1.50 bits per heavy atom. The van der Waals surface area contributed by atoms with E-state index >= 15 is 0 Å². The molecule has 2 unspecified atom stereocenters. The van der Waals surface area contributed by atoms with Crippen LogP contribution in [0.2, 0.25) is 0 Å². The van der Waals surface area contributed by atoms with Crippen LogP contribution in [0.1, 0.15) is 25.7 Å². The Morgan fingerprint density at radius 2 is 2.31 bits per heavy atom. The van der Waals surface area contributed by atoms with Crippen molar-refractivity contribution in [3.05, 3.63) is 0 Å². The van der Waals surface area contributed by atoms with Gasteiger partial charge < -0.3 is 14.8 Å². The van der Waals surface area contributed by atoms with Crippen molar-refractivity contribution in [2.24, 2.45) is 11.8 Å². The van der Waals surface area contributed by atoms with Crippen LogP contribution in [0.25, 0.3) is 0 Å². The number of nitrogens with one attached hydrogen (secondary N) is 1. The van der Waals surface area contributed by atoms with Crippen LogP contribution in [0.4, 0.5) is 0 Å². The number of carbonyl (C=O) groups is 1. The Morgan fingerprint density at radius 3 is 2.88 bits per heavy atom. The van der Waals surface area contributed by atoms with Gasteiger partial charge >= 0.3 is 5.97 Å². The normalized spacial score (nSPS) is 26.7. The molecule has 1 saturated heterocycles. The highest BCUT2D eigenvalue weighted by atomic mass is 16.5. The number of ether oxygens (including phenoxy) is 2. The van der Waals surface area contributed by atoms with Gasteiger partial charge in [-0.05, 0) is 18.8 Å². The lowest BCUT2D eigenvalue weighted by atomic mass is 10.0. The van der Waals surface area contributed by atoms with Crippen LogP contribution in [0.15, 0.2) is 0 Å². The molecule has 2 fully saturated rings. The van der Waals surface area contributed by atoms with Crippen LogP contribution in [0.5, 0.6) is 0 Å². The van der Waals surface area contributed by atoms with Gasteiger partial charge in [-0.3, -0.25) is 4.79 Å². The molecule has 16 heavy (non-hydrogen) atoms. The summed E-state index contributed by atoms with van der Waals surface area (Å²) in [5, 5.41) is 3.40. The molecule has 4 heteroatoms. The molecule has 1 heterocycles. The van der Waals surface area contributed by atoms with E-state index in [0.29, 0.717) is 6.04 Å².